The van der Waals surface area contributed by atoms with Crippen molar-refractivity contribution < 1.29 is 18.4 Å². The molecule has 0 bridgehead atoms. The molecule has 2 atom stereocenters. The second-order valence-corrected chi connectivity index (χ2v) is 8.05. The number of amides is 2. The van der Waals surface area contributed by atoms with Crippen LogP contribution in [0.4, 0.5) is 4.39 Å². The van der Waals surface area contributed by atoms with Crippen LogP contribution >= 0.6 is 0 Å². The fraction of sp³-hybridized carbons (Fsp3) is 0.478. The molecule has 162 valence electrons. The fourth-order valence-electron chi connectivity index (χ4n) is 3.83. The van der Waals surface area contributed by atoms with Crippen LogP contribution < -0.4 is 10.6 Å². The third-order valence-electron chi connectivity index (χ3n) is 5.53. The molecular formula is C23H30FN3O3. The minimum atomic E-state index is -0.768. The van der Waals surface area contributed by atoms with Crippen LogP contribution in [0.1, 0.15) is 55.3 Å². The van der Waals surface area contributed by atoms with Gasteiger partial charge in [0.25, 0.3) is 5.91 Å². The van der Waals surface area contributed by atoms with Gasteiger partial charge in [-0.15, -0.1) is 0 Å². The Hall–Kier alpha value is -2.67. The van der Waals surface area contributed by atoms with Gasteiger partial charge in [-0.25, -0.2) is 4.39 Å². The summed E-state index contributed by atoms with van der Waals surface area (Å²) in [6.45, 7) is 5.99. The molecule has 1 aromatic carbocycles. The molecular weight excluding hydrogens is 385 g/mol. The summed E-state index contributed by atoms with van der Waals surface area (Å²) in [7, 11) is 0. The maximum atomic E-state index is 13.9. The van der Waals surface area contributed by atoms with Gasteiger partial charge in [-0.2, -0.15) is 0 Å². The topological polar surface area (TPSA) is 74.6 Å². The number of piperidine rings is 1. The lowest BCUT2D eigenvalue weighted by atomic mass is 10.0. The maximum Gasteiger partial charge on any atom is 0.254 e. The summed E-state index contributed by atoms with van der Waals surface area (Å²) in [4.78, 5) is 27.8. The van der Waals surface area contributed by atoms with Crippen LogP contribution in [-0.4, -0.2) is 42.4 Å². The predicted octanol–water partition coefficient (Wildman–Crippen LogP) is 3.52. The van der Waals surface area contributed by atoms with Crippen molar-refractivity contribution in [1.29, 1.82) is 0 Å². The fourth-order valence-corrected chi connectivity index (χ4v) is 3.83. The van der Waals surface area contributed by atoms with Crippen molar-refractivity contribution in [3.05, 3.63) is 59.8 Å². The van der Waals surface area contributed by atoms with Gasteiger partial charge in [-0.05, 0) is 56.1 Å². The first-order chi connectivity index (χ1) is 14.5. The summed E-state index contributed by atoms with van der Waals surface area (Å²) >= 11 is 0. The zero-order valence-corrected chi connectivity index (χ0v) is 17.6. The number of hydrogen-bond donors (Lipinski definition) is 2. The highest BCUT2D eigenvalue weighted by Gasteiger charge is 2.29. The Morgan fingerprint density at radius 2 is 1.83 bits per heavy atom. The summed E-state index contributed by atoms with van der Waals surface area (Å²) in [5.74, 6) is -0.837. The summed E-state index contributed by atoms with van der Waals surface area (Å²) in [5, 5.41) is 5.66. The van der Waals surface area contributed by atoms with E-state index in [1.54, 1.807) is 12.3 Å². The normalized spacial score (nSPS) is 16.8. The van der Waals surface area contributed by atoms with Crippen LogP contribution in [0.5, 0.6) is 0 Å². The van der Waals surface area contributed by atoms with Gasteiger partial charge in [-0.1, -0.05) is 32.4 Å². The van der Waals surface area contributed by atoms with Crippen molar-refractivity contribution in [3.63, 3.8) is 0 Å². The molecule has 3 rings (SSSR count). The van der Waals surface area contributed by atoms with Crippen molar-refractivity contribution in [2.45, 2.75) is 45.2 Å². The van der Waals surface area contributed by atoms with E-state index < -0.39 is 17.8 Å². The molecule has 2 heterocycles. The predicted molar refractivity (Wildman–Crippen MR) is 112 cm³/mol. The van der Waals surface area contributed by atoms with Crippen LogP contribution in [0.2, 0.25) is 0 Å². The van der Waals surface area contributed by atoms with Gasteiger partial charge in [0.05, 0.1) is 17.9 Å². The largest absolute Gasteiger partial charge is 0.468 e. The number of nitrogens with zero attached hydrogens (tertiary/aromatic N) is 1. The molecule has 0 saturated carbocycles. The molecule has 0 aliphatic carbocycles. The van der Waals surface area contributed by atoms with Gasteiger partial charge >= 0.3 is 0 Å². The lowest BCUT2D eigenvalue weighted by Gasteiger charge is -2.34. The third-order valence-corrected chi connectivity index (χ3v) is 5.53. The van der Waals surface area contributed by atoms with E-state index >= 15 is 0 Å². The number of likely N-dealkylation sites (tertiary alicyclic amines) is 1. The number of carbonyl (C=O) groups excluding carboxylic acids is 2. The molecule has 7 heteroatoms. The summed E-state index contributed by atoms with van der Waals surface area (Å²) in [6.07, 6.45) is 5.10. The summed E-state index contributed by atoms with van der Waals surface area (Å²) in [5.41, 5.74) is -0.0715. The van der Waals surface area contributed by atoms with Crippen LogP contribution in [0.3, 0.4) is 0 Å². The zero-order valence-electron chi connectivity index (χ0n) is 17.6. The quantitative estimate of drug-likeness (QED) is 0.692. The summed E-state index contributed by atoms with van der Waals surface area (Å²) < 4.78 is 19.6. The molecule has 6 nitrogen and oxygen atoms in total. The van der Waals surface area contributed by atoms with E-state index in [1.807, 2.05) is 26.0 Å². The molecule has 0 unspecified atom stereocenters. The van der Waals surface area contributed by atoms with E-state index in [0.29, 0.717) is 6.54 Å². The zero-order chi connectivity index (χ0) is 21.5. The Kier molecular flexibility index (Phi) is 7.63. The van der Waals surface area contributed by atoms with Crippen LogP contribution in [0.25, 0.3) is 0 Å². The molecule has 1 saturated heterocycles. The first-order valence-corrected chi connectivity index (χ1v) is 10.6. The smallest absolute Gasteiger partial charge is 0.254 e. The van der Waals surface area contributed by atoms with E-state index in [0.717, 1.165) is 31.7 Å². The molecule has 1 aliphatic rings. The van der Waals surface area contributed by atoms with Gasteiger partial charge in [0.1, 0.15) is 17.6 Å². The molecule has 2 amide bonds. The molecule has 2 N–H and O–H groups in total. The van der Waals surface area contributed by atoms with Gasteiger partial charge in [0, 0.05) is 6.54 Å². The van der Waals surface area contributed by atoms with E-state index in [9.17, 15) is 14.0 Å². The Morgan fingerprint density at radius 1 is 1.10 bits per heavy atom. The molecule has 1 aliphatic heterocycles. The highest BCUT2D eigenvalue weighted by molar-refractivity contribution is 5.97. The third kappa shape index (κ3) is 5.48. The molecule has 0 spiro atoms. The van der Waals surface area contributed by atoms with Crippen molar-refractivity contribution in [2.24, 2.45) is 5.92 Å². The van der Waals surface area contributed by atoms with Gasteiger partial charge < -0.3 is 15.1 Å². The maximum absolute atomic E-state index is 13.9. The number of carbonyl (C=O) groups is 2. The lowest BCUT2D eigenvalue weighted by Crippen LogP contribution is -2.51. The van der Waals surface area contributed by atoms with Crippen LogP contribution in [0, 0.1) is 11.7 Å². The van der Waals surface area contributed by atoms with Crippen LogP contribution in [-0.2, 0) is 4.79 Å². The Bertz CT molecular complexity index is 832. The number of benzene rings is 1. The Labute approximate surface area is 176 Å². The average Bonchev–Trinajstić information content (AvgIpc) is 3.27. The number of rotatable bonds is 8. The van der Waals surface area contributed by atoms with Crippen LogP contribution in [0.15, 0.2) is 47.1 Å². The highest BCUT2D eigenvalue weighted by Crippen LogP contribution is 2.24. The molecule has 1 aromatic heterocycles. The molecule has 2 aromatic rings. The first-order valence-electron chi connectivity index (χ1n) is 10.6. The number of nitrogens with one attached hydrogen (secondary N) is 2. The minimum absolute atomic E-state index is 0.0562. The summed E-state index contributed by atoms with van der Waals surface area (Å²) in [6, 6.07) is 8.69. The molecule has 0 radical (unpaired) electrons. The second-order valence-electron chi connectivity index (χ2n) is 8.05. The second kappa shape index (κ2) is 10.4. The SMILES string of the molecule is CC(C)[C@@H](NC(=O)c1ccccc1F)C(=O)NC[C@@H](c1ccco1)N1CCCCC1. The van der Waals surface area contributed by atoms with Gasteiger partial charge in [-0.3, -0.25) is 14.5 Å². The van der Waals surface area contributed by atoms with Gasteiger partial charge in [0.2, 0.25) is 5.91 Å². The van der Waals surface area contributed by atoms with Gasteiger partial charge in [0.15, 0.2) is 0 Å². The van der Waals surface area contributed by atoms with Crippen molar-refractivity contribution in [1.82, 2.24) is 15.5 Å². The number of halogens is 1. The van der Waals surface area contributed by atoms with E-state index in [4.69, 9.17) is 4.42 Å². The van der Waals surface area contributed by atoms with Crippen molar-refractivity contribution in [2.75, 3.05) is 19.6 Å². The minimum Gasteiger partial charge on any atom is -0.468 e. The van der Waals surface area contributed by atoms with Crippen molar-refractivity contribution >= 4 is 11.8 Å². The van der Waals surface area contributed by atoms with E-state index in [-0.39, 0.29) is 23.4 Å². The monoisotopic (exact) mass is 415 g/mol. The number of furan rings is 1. The average molecular weight is 416 g/mol. The highest BCUT2D eigenvalue weighted by atomic mass is 19.1. The Morgan fingerprint density at radius 3 is 2.47 bits per heavy atom. The van der Waals surface area contributed by atoms with E-state index in [1.165, 1.54) is 24.6 Å². The van der Waals surface area contributed by atoms with E-state index in [2.05, 4.69) is 15.5 Å². The van der Waals surface area contributed by atoms with Crippen molar-refractivity contribution in [3.8, 4) is 0 Å². The molecule has 1 fully saturated rings. The lowest BCUT2D eigenvalue weighted by molar-refractivity contribution is -0.124. The first kappa shape index (κ1) is 22.0. The molecule has 30 heavy (non-hydrogen) atoms. The Balaban J connectivity index is 1.66. The standard InChI is InChI=1S/C23H30FN3O3/c1-16(2)21(26-22(28)17-9-4-5-10-18(17)24)23(29)25-15-19(20-11-8-14-30-20)27-12-6-3-7-13-27/h4-5,8-11,14,16,19,21H,3,6-7,12-13,15H2,1-2H3,(H,25,29)(H,26,28)/t19-,21+/m0/s1. The number of hydrogen-bond acceptors (Lipinski definition) is 4.